The predicted octanol–water partition coefficient (Wildman–Crippen LogP) is 1.91. The summed E-state index contributed by atoms with van der Waals surface area (Å²) in [4.78, 5) is 21.5. The van der Waals surface area contributed by atoms with Crippen LogP contribution in [0, 0.1) is 12.3 Å². The maximum Gasteiger partial charge on any atom is 0.417 e. The number of nitrogens with zero attached hydrogens (tertiary/aromatic N) is 3. The smallest absolute Gasteiger partial charge is 0.381 e. The highest BCUT2D eigenvalue weighted by Gasteiger charge is 2.38. The van der Waals surface area contributed by atoms with Crippen LogP contribution in [0.3, 0.4) is 0 Å². The van der Waals surface area contributed by atoms with Gasteiger partial charge in [-0.1, -0.05) is 11.1 Å². The second-order valence-corrected chi connectivity index (χ2v) is 4.11. The number of oxime groups is 1. The first-order valence-electron chi connectivity index (χ1n) is 5.90. The van der Waals surface area contributed by atoms with Crippen LogP contribution in [-0.4, -0.2) is 34.8 Å². The molecule has 0 aliphatic carbocycles. The fourth-order valence-corrected chi connectivity index (χ4v) is 1.74. The Morgan fingerprint density at radius 2 is 2.33 bits per heavy atom. The van der Waals surface area contributed by atoms with E-state index in [9.17, 15) is 18.0 Å². The Hall–Kier alpha value is -2.56. The standard InChI is InChI=1S/C13H10F3N3O2/c1-2-7-21-18-11-4-6-19(11)12(20)9-8-17-5-3-10(9)13(14,15)16/h1,3,5,8H,4,6-7H2. The molecule has 1 aliphatic rings. The van der Waals surface area contributed by atoms with Crippen molar-refractivity contribution in [1.82, 2.24) is 9.88 Å². The normalized spacial score (nSPS) is 16.3. The summed E-state index contributed by atoms with van der Waals surface area (Å²) in [6.45, 7) is 0.190. The van der Waals surface area contributed by atoms with E-state index in [0.29, 0.717) is 6.42 Å². The van der Waals surface area contributed by atoms with Crippen molar-refractivity contribution < 1.29 is 22.8 Å². The molecule has 1 aromatic heterocycles. The zero-order chi connectivity index (χ0) is 15.5. The summed E-state index contributed by atoms with van der Waals surface area (Å²) in [7, 11) is 0. The maximum absolute atomic E-state index is 12.9. The number of halogens is 3. The third-order valence-electron chi connectivity index (χ3n) is 2.79. The number of pyridine rings is 1. The van der Waals surface area contributed by atoms with Gasteiger partial charge >= 0.3 is 6.18 Å². The highest BCUT2D eigenvalue weighted by Crippen LogP contribution is 2.32. The van der Waals surface area contributed by atoms with Gasteiger partial charge in [-0.2, -0.15) is 13.2 Å². The van der Waals surface area contributed by atoms with E-state index in [-0.39, 0.29) is 19.0 Å². The average Bonchev–Trinajstić information content (AvgIpc) is 2.41. The van der Waals surface area contributed by atoms with E-state index < -0.39 is 23.2 Å². The van der Waals surface area contributed by atoms with Crippen molar-refractivity contribution in [2.75, 3.05) is 13.2 Å². The lowest BCUT2D eigenvalue weighted by Gasteiger charge is -2.32. The van der Waals surface area contributed by atoms with Crippen LogP contribution in [0.2, 0.25) is 0 Å². The van der Waals surface area contributed by atoms with Gasteiger partial charge in [-0.3, -0.25) is 14.7 Å². The van der Waals surface area contributed by atoms with Gasteiger partial charge in [0.15, 0.2) is 12.4 Å². The quantitative estimate of drug-likeness (QED) is 0.486. The molecule has 2 rings (SSSR count). The molecule has 0 unspecified atom stereocenters. The van der Waals surface area contributed by atoms with E-state index in [4.69, 9.17) is 11.3 Å². The molecular formula is C13H10F3N3O2. The lowest BCUT2D eigenvalue weighted by atomic mass is 10.1. The van der Waals surface area contributed by atoms with Crippen molar-refractivity contribution in [3.63, 3.8) is 0 Å². The van der Waals surface area contributed by atoms with Crippen molar-refractivity contribution in [3.8, 4) is 12.3 Å². The number of amidine groups is 1. The van der Waals surface area contributed by atoms with E-state index in [1.165, 1.54) is 0 Å². The van der Waals surface area contributed by atoms with Gasteiger partial charge in [-0.15, -0.1) is 6.42 Å². The van der Waals surface area contributed by atoms with Crippen LogP contribution in [0.4, 0.5) is 13.2 Å². The van der Waals surface area contributed by atoms with Crippen LogP contribution in [0.25, 0.3) is 0 Å². The Morgan fingerprint density at radius 3 is 2.90 bits per heavy atom. The number of rotatable bonds is 3. The van der Waals surface area contributed by atoms with Crippen LogP contribution in [-0.2, 0) is 11.0 Å². The molecule has 1 aliphatic heterocycles. The first-order chi connectivity index (χ1) is 9.95. The van der Waals surface area contributed by atoms with Crippen molar-refractivity contribution in [2.24, 2.45) is 5.16 Å². The van der Waals surface area contributed by atoms with Gasteiger partial charge in [0, 0.05) is 25.4 Å². The number of carbonyl (C=O) groups is 1. The highest BCUT2D eigenvalue weighted by atomic mass is 19.4. The number of carbonyl (C=O) groups excluding carboxylic acids is 1. The monoisotopic (exact) mass is 297 g/mol. The Bertz CT molecular complexity index is 620. The van der Waals surface area contributed by atoms with Gasteiger partial charge in [0.2, 0.25) is 0 Å². The lowest BCUT2D eigenvalue weighted by Crippen LogP contribution is -2.48. The molecular weight excluding hydrogens is 287 g/mol. The minimum Gasteiger partial charge on any atom is -0.381 e. The predicted molar refractivity (Wildman–Crippen MR) is 67.1 cm³/mol. The lowest BCUT2D eigenvalue weighted by molar-refractivity contribution is -0.138. The molecule has 1 saturated heterocycles. The number of terminal acetylenes is 1. The Balaban J connectivity index is 2.22. The molecule has 0 atom stereocenters. The SMILES string of the molecule is C#CCON=C1CCN1C(=O)c1cnccc1C(F)(F)F. The second-order valence-electron chi connectivity index (χ2n) is 4.11. The van der Waals surface area contributed by atoms with Crippen molar-refractivity contribution in [2.45, 2.75) is 12.6 Å². The minimum atomic E-state index is -4.63. The molecule has 0 aromatic carbocycles. The van der Waals surface area contributed by atoms with Crippen molar-refractivity contribution >= 4 is 11.7 Å². The fourth-order valence-electron chi connectivity index (χ4n) is 1.74. The molecule has 0 radical (unpaired) electrons. The molecule has 0 saturated carbocycles. The minimum absolute atomic E-state index is 0.0772. The highest BCUT2D eigenvalue weighted by molar-refractivity contribution is 6.09. The molecule has 21 heavy (non-hydrogen) atoms. The van der Waals surface area contributed by atoms with E-state index >= 15 is 0 Å². The summed E-state index contributed by atoms with van der Waals surface area (Å²) >= 11 is 0. The van der Waals surface area contributed by atoms with Gasteiger partial charge in [0.25, 0.3) is 5.91 Å². The largest absolute Gasteiger partial charge is 0.417 e. The third-order valence-corrected chi connectivity index (χ3v) is 2.79. The summed E-state index contributed by atoms with van der Waals surface area (Å²) in [5.41, 5.74) is -1.55. The molecule has 8 heteroatoms. The van der Waals surface area contributed by atoms with E-state index in [1.807, 2.05) is 0 Å². The van der Waals surface area contributed by atoms with Crippen LogP contribution in [0.15, 0.2) is 23.6 Å². The number of alkyl halides is 3. The molecule has 1 amide bonds. The Kier molecular flexibility index (Phi) is 4.12. The number of amides is 1. The maximum atomic E-state index is 12.9. The van der Waals surface area contributed by atoms with E-state index in [1.54, 1.807) is 0 Å². The number of aromatic nitrogens is 1. The summed E-state index contributed by atoms with van der Waals surface area (Å²) in [6.07, 6.45) is 2.65. The molecule has 0 spiro atoms. The summed E-state index contributed by atoms with van der Waals surface area (Å²) in [6, 6.07) is 0.763. The van der Waals surface area contributed by atoms with Crippen LogP contribution in [0.1, 0.15) is 22.3 Å². The van der Waals surface area contributed by atoms with E-state index in [2.05, 4.69) is 16.1 Å². The molecule has 0 N–H and O–H groups in total. The molecule has 5 nitrogen and oxygen atoms in total. The first-order valence-corrected chi connectivity index (χ1v) is 5.90. The molecule has 1 fully saturated rings. The zero-order valence-electron chi connectivity index (χ0n) is 10.7. The molecule has 0 bridgehead atoms. The summed E-state index contributed by atoms with van der Waals surface area (Å²) < 4.78 is 38.6. The van der Waals surface area contributed by atoms with Gasteiger partial charge in [-0.05, 0) is 6.07 Å². The molecule has 110 valence electrons. The number of hydrogen-bond acceptors (Lipinski definition) is 4. The molecule has 2 heterocycles. The number of likely N-dealkylation sites (tertiary alicyclic amines) is 1. The van der Waals surface area contributed by atoms with Crippen LogP contribution >= 0.6 is 0 Å². The van der Waals surface area contributed by atoms with Crippen LogP contribution in [0.5, 0.6) is 0 Å². The topological polar surface area (TPSA) is 54.8 Å². The van der Waals surface area contributed by atoms with Crippen molar-refractivity contribution in [1.29, 1.82) is 0 Å². The van der Waals surface area contributed by atoms with E-state index in [0.717, 1.165) is 23.4 Å². The zero-order valence-corrected chi connectivity index (χ0v) is 10.7. The van der Waals surface area contributed by atoms with Gasteiger partial charge in [-0.25, -0.2) is 0 Å². The van der Waals surface area contributed by atoms with Gasteiger partial charge in [0.05, 0.1) is 11.1 Å². The first kappa shape index (κ1) is 14.8. The summed E-state index contributed by atoms with van der Waals surface area (Å²) in [5, 5.41) is 3.62. The fraction of sp³-hybridized carbons (Fsp3) is 0.308. The Labute approximate surface area is 118 Å². The second kappa shape index (κ2) is 5.83. The average molecular weight is 297 g/mol. The van der Waals surface area contributed by atoms with Gasteiger partial charge in [0.1, 0.15) is 0 Å². The van der Waals surface area contributed by atoms with Crippen LogP contribution < -0.4 is 0 Å². The summed E-state index contributed by atoms with van der Waals surface area (Å²) in [5.74, 6) is 1.61. The molecule has 1 aromatic rings. The third kappa shape index (κ3) is 3.13. The van der Waals surface area contributed by atoms with Gasteiger partial charge < -0.3 is 4.84 Å². The number of hydrogen-bond donors (Lipinski definition) is 0. The Morgan fingerprint density at radius 1 is 1.57 bits per heavy atom. The van der Waals surface area contributed by atoms with Crippen molar-refractivity contribution in [3.05, 3.63) is 29.6 Å².